The number of amides is 1. The fraction of sp³-hybridized carbons (Fsp3) is 0.765. The maximum Gasteiger partial charge on any atom is 0.225 e. The topological polar surface area (TPSA) is 67.6 Å². The van der Waals surface area contributed by atoms with Crippen LogP contribution in [0.15, 0.2) is 12.4 Å². The smallest absolute Gasteiger partial charge is 0.225 e. The molecule has 1 saturated carbocycles. The molecular formula is C17H27N3O3. The third kappa shape index (κ3) is 3.43. The molecule has 128 valence electrons. The van der Waals surface area contributed by atoms with E-state index in [1.54, 1.807) is 6.20 Å². The predicted molar refractivity (Wildman–Crippen MR) is 85.6 cm³/mol. The van der Waals surface area contributed by atoms with Crippen molar-refractivity contribution in [2.45, 2.75) is 44.8 Å². The van der Waals surface area contributed by atoms with Gasteiger partial charge in [-0.25, -0.2) is 4.98 Å². The summed E-state index contributed by atoms with van der Waals surface area (Å²) >= 11 is 0. The van der Waals surface area contributed by atoms with Crippen LogP contribution in [0, 0.1) is 11.8 Å². The maximum atomic E-state index is 12.5. The summed E-state index contributed by atoms with van der Waals surface area (Å²) in [7, 11) is 1.90. The predicted octanol–water partition coefficient (Wildman–Crippen LogP) is 1.51. The minimum absolute atomic E-state index is 0.141. The van der Waals surface area contributed by atoms with Crippen LogP contribution in [0.2, 0.25) is 0 Å². The molecule has 3 rings (SSSR count). The Bertz CT molecular complexity index is 531. The van der Waals surface area contributed by atoms with Gasteiger partial charge < -0.3 is 19.3 Å². The summed E-state index contributed by atoms with van der Waals surface area (Å²) in [6.45, 7) is 4.19. The van der Waals surface area contributed by atoms with Crippen LogP contribution in [0.3, 0.4) is 0 Å². The van der Waals surface area contributed by atoms with E-state index >= 15 is 0 Å². The van der Waals surface area contributed by atoms with Gasteiger partial charge in [-0.15, -0.1) is 0 Å². The largest absolute Gasteiger partial charge is 0.385 e. The zero-order valence-corrected chi connectivity index (χ0v) is 14.0. The van der Waals surface area contributed by atoms with Gasteiger partial charge in [-0.1, -0.05) is 0 Å². The first-order valence-electron chi connectivity index (χ1n) is 8.65. The highest BCUT2D eigenvalue weighted by Gasteiger charge is 2.39. The van der Waals surface area contributed by atoms with Crippen LogP contribution in [0.4, 0.5) is 0 Å². The lowest BCUT2D eigenvalue weighted by atomic mass is 9.80. The number of piperidine rings is 1. The number of ether oxygens (including phenoxy) is 1. The van der Waals surface area contributed by atoms with E-state index in [9.17, 15) is 9.90 Å². The van der Waals surface area contributed by atoms with Gasteiger partial charge in [0.25, 0.3) is 0 Å². The van der Waals surface area contributed by atoms with Gasteiger partial charge in [-0.3, -0.25) is 4.79 Å². The SMILES string of the molecule is CCOC1CC(C(=O)N2CCC(C(O)c3nccn3C)CC2)C1. The summed E-state index contributed by atoms with van der Waals surface area (Å²) in [5.74, 6) is 1.31. The summed E-state index contributed by atoms with van der Waals surface area (Å²) in [6, 6.07) is 0. The lowest BCUT2D eigenvalue weighted by molar-refractivity contribution is -0.146. The molecule has 2 aliphatic rings. The number of carbonyl (C=O) groups is 1. The number of aryl methyl sites for hydroxylation is 1. The molecule has 6 nitrogen and oxygen atoms in total. The van der Waals surface area contributed by atoms with Crippen LogP contribution in [0.1, 0.15) is 44.5 Å². The number of aliphatic hydroxyl groups excluding tert-OH is 1. The van der Waals surface area contributed by atoms with Crippen LogP contribution >= 0.6 is 0 Å². The molecule has 2 heterocycles. The molecule has 1 unspecified atom stereocenters. The number of nitrogens with zero attached hydrogens (tertiary/aromatic N) is 3. The van der Waals surface area contributed by atoms with Crippen molar-refractivity contribution in [1.29, 1.82) is 0 Å². The molecule has 1 saturated heterocycles. The number of rotatable bonds is 5. The molecule has 1 amide bonds. The van der Waals surface area contributed by atoms with Crippen molar-refractivity contribution in [3.8, 4) is 0 Å². The monoisotopic (exact) mass is 321 g/mol. The third-order valence-electron chi connectivity index (χ3n) is 5.27. The van der Waals surface area contributed by atoms with E-state index in [4.69, 9.17) is 4.74 Å². The molecule has 1 aliphatic carbocycles. The Morgan fingerprint density at radius 3 is 2.70 bits per heavy atom. The van der Waals surface area contributed by atoms with Gasteiger partial charge in [0.15, 0.2) is 0 Å². The van der Waals surface area contributed by atoms with E-state index in [1.165, 1.54) is 0 Å². The van der Waals surface area contributed by atoms with E-state index in [2.05, 4.69) is 4.98 Å². The van der Waals surface area contributed by atoms with Gasteiger partial charge in [0.1, 0.15) is 11.9 Å². The zero-order valence-electron chi connectivity index (χ0n) is 14.0. The second-order valence-electron chi connectivity index (χ2n) is 6.75. The molecule has 1 aromatic rings. The zero-order chi connectivity index (χ0) is 16.4. The van der Waals surface area contributed by atoms with E-state index in [-0.39, 0.29) is 23.8 Å². The molecule has 6 heteroatoms. The number of imidazole rings is 1. The first kappa shape index (κ1) is 16.5. The maximum absolute atomic E-state index is 12.5. The summed E-state index contributed by atoms with van der Waals surface area (Å²) in [6.07, 6.45) is 6.69. The average Bonchev–Trinajstić information content (AvgIpc) is 2.95. The van der Waals surface area contributed by atoms with Gasteiger partial charge >= 0.3 is 0 Å². The molecule has 1 atom stereocenters. The van der Waals surface area contributed by atoms with Crippen molar-refractivity contribution >= 4 is 5.91 Å². The Morgan fingerprint density at radius 1 is 1.43 bits per heavy atom. The Labute approximate surface area is 137 Å². The number of aliphatic hydroxyl groups is 1. The number of carbonyl (C=O) groups excluding carboxylic acids is 1. The molecule has 0 bridgehead atoms. The Hall–Kier alpha value is -1.40. The summed E-state index contributed by atoms with van der Waals surface area (Å²) in [5, 5.41) is 10.5. The first-order chi connectivity index (χ1) is 11.1. The summed E-state index contributed by atoms with van der Waals surface area (Å²) in [5.41, 5.74) is 0. The summed E-state index contributed by atoms with van der Waals surface area (Å²) < 4.78 is 7.40. The minimum Gasteiger partial charge on any atom is -0.385 e. The molecule has 23 heavy (non-hydrogen) atoms. The lowest BCUT2D eigenvalue weighted by Crippen LogP contribution is -2.47. The molecule has 1 aromatic heterocycles. The highest BCUT2D eigenvalue weighted by Crippen LogP contribution is 2.34. The second kappa shape index (κ2) is 7.01. The van der Waals surface area contributed by atoms with Crippen LogP contribution in [-0.2, 0) is 16.6 Å². The first-order valence-corrected chi connectivity index (χ1v) is 8.65. The minimum atomic E-state index is -0.543. The molecule has 1 aliphatic heterocycles. The van der Waals surface area contributed by atoms with Crippen LogP contribution < -0.4 is 0 Å². The highest BCUT2D eigenvalue weighted by atomic mass is 16.5. The Morgan fingerprint density at radius 2 is 2.13 bits per heavy atom. The lowest BCUT2D eigenvalue weighted by Gasteiger charge is -2.40. The van der Waals surface area contributed by atoms with Gasteiger partial charge in [0.05, 0.1) is 6.10 Å². The normalized spacial score (nSPS) is 26.8. The van der Waals surface area contributed by atoms with Crippen molar-refractivity contribution in [3.63, 3.8) is 0 Å². The van der Waals surface area contributed by atoms with Gasteiger partial charge in [-0.05, 0) is 38.5 Å². The third-order valence-corrected chi connectivity index (χ3v) is 5.27. The van der Waals surface area contributed by atoms with Crippen LogP contribution in [0.25, 0.3) is 0 Å². The number of aromatic nitrogens is 2. The van der Waals surface area contributed by atoms with Crippen molar-refractivity contribution in [1.82, 2.24) is 14.5 Å². The van der Waals surface area contributed by atoms with E-state index < -0.39 is 6.10 Å². The highest BCUT2D eigenvalue weighted by molar-refractivity contribution is 5.80. The molecule has 0 radical (unpaired) electrons. The van der Waals surface area contributed by atoms with Crippen LogP contribution in [-0.4, -0.2) is 51.3 Å². The van der Waals surface area contributed by atoms with Crippen molar-refractivity contribution in [3.05, 3.63) is 18.2 Å². The van der Waals surface area contributed by atoms with Crippen molar-refractivity contribution < 1.29 is 14.6 Å². The number of likely N-dealkylation sites (tertiary alicyclic amines) is 1. The van der Waals surface area contributed by atoms with Gasteiger partial charge in [0.2, 0.25) is 5.91 Å². The molecule has 0 aromatic carbocycles. The van der Waals surface area contributed by atoms with Crippen molar-refractivity contribution in [2.24, 2.45) is 18.9 Å². The molecule has 1 N–H and O–H groups in total. The number of hydrogen-bond donors (Lipinski definition) is 1. The molecular weight excluding hydrogens is 294 g/mol. The number of hydrogen-bond acceptors (Lipinski definition) is 4. The van der Waals surface area contributed by atoms with Crippen LogP contribution in [0.5, 0.6) is 0 Å². The van der Waals surface area contributed by atoms with Gasteiger partial charge in [-0.2, -0.15) is 0 Å². The molecule has 0 spiro atoms. The quantitative estimate of drug-likeness (QED) is 0.892. The van der Waals surface area contributed by atoms with E-state index in [0.717, 1.165) is 45.4 Å². The summed E-state index contributed by atoms with van der Waals surface area (Å²) in [4.78, 5) is 18.7. The fourth-order valence-electron chi connectivity index (χ4n) is 3.71. The van der Waals surface area contributed by atoms with E-state index in [0.29, 0.717) is 5.82 Å². The Kier molecular flexibility index (Phi) is 5.02. The second-order valence-corrected chi connectivity index (χ2v) is 6.75. The standard InChI is InChI=1S/C17H27N3O3/c1-3-23-14-10-13(11-14)17(22)20-7-4-12(5-8-20)15(21)16-18-6-9-19(16)2/h6,9,12-15,21H,3-5,7-8,10-11H2,1-2H3. The Balaban J connectivity index is 1.47. The molecule has 2 fully saturated rings. The van der Waals surface area contributed by atoms with Crippen molar-refractivity contribution in [2.75, 3.05) is 19.7 Å². The van der Waals surface area contributed by atoms with E-state index in [1.807, 2.05) is 29.6 Å². The average molecular weight is 321 g/mol. The van der Waals surface area contributed by atoms with Gasteiger partial charge in [0, 0.05) is 45.1 Å². The fourth-order valence-corrected chi connectivity index (χ4v) is 3.71.